The van der Waals surface area contributed by atoms with Crippen LogP contribution in [-0.2, 0) is 4.79 Å². The number of rotatable bonds is 8. The molecule has 0 heterocycles. The maximum absolute atomic E-state index is 12.1. The number of primary amides is 1. The molecule has 0 radical (unpaired) electrons. The highest BCUT2D eigenvalue weighted by atomic mass is 16.5. The molecule has 2 rings (SSSR count). The number of carbonyl (C=O) groups excluding carboxylic acids is 2. The molecule has 0 saturated heterocycles. The molecule has 2 aromatic rings. The van der Waals surface area contributed by atoms with Crippen LogP contribution in [0.3, 0.4) is 0 Å². The second-order valence-electron chi connectivity index (χ2n) is 5.51. The van der Waals surface area contributed by atoms with E-state index in [1.807, 2.05) is 24.3 Å². The second-order valence-corrected chi connectivity index (χ2v) is 5.51. The highest BCUT2D eigenvalue weighted by Crippen LogP contribution is 2.16. The number of nitrogens with one attached hydrogen (secondary N) is 1. The Bertz CT molecular complexity index is 769. The maximum Gasteiger partial charge on any atom is 0.250 e. The first-order valence-corrected chi connectivity index (χ1v) is 8.21. The van der Waals surface area contributed by atoms with E-state index >= 15 is 0 Å². The first-order chi connectivity index (χ1) is 12.1. The van der Waals surface area contributed by atoms with E-state index in [0.717, 1.165) is 24.2 Å². The molecule has 5 heteroatoms. The van der Waals surface area contributed by atoms with Crippen molar-refractivity contribution in [3.8, 4) is 5.75 Å². The Morgan fingerprint density at radius 1 is 1.16 bits per heavy atom. The van der Waals surface area contributed by atoms with Gasteiger partial charge in [0.25, 0.3) is 5.91 Å². The van der Waals surface area contributed by atoms with Gasteiger partial charge in [0.2, 0.25) is 5.91 Å². The van der Waals surface area contributed by atoms with Gasteiger partial charge in [-0.2, -0.15) is 0 Å². The summed E-state index contributed by atoms with van der Waals surface area (Å²) in [5.74, 6) is -0.155. The smallest absolute Gasteiger partial charge is 0.250 e. The summed E-state index contributed by atoms with van der Waals surface area (Å²) in [6.07, 6.45) is 5.17. The third kappa shape index (κ3) is 5.80. The van der Waals surface area contributed by atoms with Crippen molar-refractivity contribution in [3.05, 3.63) is 65.7 Å². The molecule has 0 spiro atoms. The van der Waals surface area contributed by atoms with Crippen LogP contribution in [-0.4, -0.2) is 18.4 Å². The van der Waals surface area contributed by atoms with Crippen LogP contribution in [0.2, 0.25) is 0 Å². The van der Waals surface area contributed by atoms with E-state index in [-0.39, 0.29) is 11.5 Å². The van der Waals surface area contributed by atoms with Gasteiger partial charge in [0.1, 0.15) is 5.75 Å². The van der Waals surface area contributed by atoms with E-state index in [2.05, 4.69) is 12.2 Å². The largest absolute Gasteiger partial charge is 0.494 e. The number of benzene rings is 2. The molecule has 0 fully saturated rings. The van der Waals surface area contributed by atoms with Crippen LogP contribution in [0.25, 0.3) is 6.08 Å². The fourth-order valence-electron chi connectivity index (χ4n) is 2.20. The number of hydrogen-bond donors (Lipinski definition) is 2. The van der Waals surface area contributed by atoms with Gasteiger partial charge in [0.05, 0.1) is 17.9 Å². The lowest BCUT2D eigenvalue weighted by Gasteiger charge is -2.07. The van der Waals surface area contributed by atoms with Crippen LogP contribution in [0.4, 0.5) is 5.69 Å². The van der Waals surface area contributed by atoms with Crippen molar-refractivity contribution in [3.63, 3.8) is 0 Å². The van der Waals surface area contributed by atoms with E-state index in [1.54, 1.807) is 30.3 Å². The van der Waals surface area contributed by atoms with Crippen molar-refractivity contribution in [2.45, 2.75) is 19.8 Å². The Morgan fingerprint density at radius 3 is 2.72 bits per heavy atom. The number of ether oxygens (including phenoxy) is 1. The molecule has 2 amide bonds. The van der Waals surface area contributed by atoms with E-state index in [9.17, 15) is 9.59 Å². The predicted molar refractivity (Wildman–Crippen MR) is 99.5 cm³/mol. The van der Waals surface area contributed by atoms with Crippen LogP contribution in [0.1, 0.15) is 35.7 Å². The Hall–Kier alpha value is -3.08. The number of anilines is 1. The minimum Gasteiger partial charge on any atom is -0.494 e. The second kappa shape index (κ2) is 9.27. The number of para-hydroxylation sites is 1. The first kappa shape index (κ1) is 18.3. The number of nitrogens with two attached hydrogens (primary N) is 1. The zero-order valence-electron chi connectivity index (χ0n) is 14.2. The fraction of sp³-hybridized carbons (Fsp3) is 0.200. The van der Waals surface area contributed by atoms with Gasteiger partial charge in [-0.05, 0) is 42.3 Å². The number of hydrogen-bond acceptors (Lipinski definition) is 3. The molecular weight excluding hydrogens is 316 g/mol. The summed E-state index contributed by atoms with van der Waals surface area (Å²) in [4.78, 5) is 23.4. The van der Waals surface area contributed by atoms with Crippen molar-refractivity contribution >= 4 is 23.6 Å². The summed E-state index contributed by atoms with van der Waals surface area (Å²) in [5, 5.41) is 2.66. The van der Waals surface area contributed by atoms with Crippen LogP contribution in [0.5, 0.6) is 5.75 Å². The van der Waals surface area contributed by atoms with Crippen molar-refractivity contribution < 1.29 is 14.3 Å². The first-order valence-electron chi connectivity index (χ1n) is 8.21. The van der Waals surface area contributed by atoms with Crippen LogP contribution in [0, 0.1) is 0 Å². The molecule has 0 unspecified atom stereocenters. The Labute approximate surface area is 147 Å². The minimum atomic E-state index is -0.586. The SMILES string of the molecule is CCCCOc1cccc(/C=C/C(=O)Nc2ccccc2C(N)=O)c1. The van der Waals surface area contributed by atoms with Gasteiger partial charge in [-0.15, -0.1) is 0 Å². The molecule has 130 valence electrons. The van der Waals surface area contributed by atoms with Crippen molar-refractivity contribution in [2.75, 3.05) is 11.9 Å². The molecule has 3 N–H and O–H groups in total. The average Bonchev–Trinajstić information content (AvgIpc) is 2.61. The van der Waals surface area contributed by atoms with Gasteiger partial charge >= 0.3 is 0 Å². The molecular formula is C20H22N2O3. The van der Waals surface area contributed by atoms with Crippen molar-refractivity contribution in [1.29, 1.82) is 0 Å². The molecule has 0 aliphatic carbocycles. The highest BCUT2D eigenvalue weighted by Gasteiger charge is 2.08. The summed E-state index contributed by atoms with van der Waals surface area (Å²) in [5.41, 5.74) is 6.82. The van der Waals surface area contributed by atoms with Gasteiger partial charge < -0.3 is 15.8 Å². The Kier molecular flexibility index (Phi) is 6.77. The molecule has 0 aliphatic rings. The lowest BCUT2D eigenvalue weighted by atomic mass is 10.1. The number of amides is 2. The minimum absolute atomic E-state index is 0.274. The van der Waals surface area contributed by atoms with E-state index in [4.69, 9.17) is 10.5 Å². The van der Waals surface area contributed by atoms with Gasteiger partial charge in [0.15, 0.2) is 0 Å². The Balaban J connectivity index is 2.01. The molecule has 5 nitrogen and oxygen atoms in total. The molecule has 25 heavy (non-hydrogen) atoms. The van der Waals surface area contributed by atoms with E-state index in [1.165, 1.54) is 6.08 Å². The lowest BCUT2D eigenvalue weighted by molar-refractivity contribution is -0.111. The van der Waals surface area contributed by atoms with Gasteiger partial charge in [0, 0.05) is 6.08 Å². The normalized spacial score (nSPS) is 10.6. The summed E-state index contributed by atoms with van der Waals surface area (Å²) < 4.78 is 5.65. The van der Waals surface area contributed by atoms with Gasteiger partial charge in [-0.25, -0.2) is 0 Å². The highest BCUT2D eigenvalue weighted by molar-refractivity contribution is 6.07. The zero-order valence-corrected chi connectivity index (χ0v) is 14.2. The van der Waals surface area contributed by atoms with Gasteiger partial charge in [-0.3, -0.25) is 9.59 Å². The molecule has 0 bridgehead atoms. The zero-order chi connectivity index (χ0) is 18.1. The maximum atomic E-state index is 12.1. The molecule has 2 aromatic carbocycles. The topological polar surface area (TPSA) is 81.4 Å². The van der Waals surface area contributed by atoms with Gasteiger partial charge in [-0.1, -0.05) is 37.6 Å². The molecule has 0 atom stereocenters. The molecule has 0 saturated carbocycles. The van der Waals surface area contributed by atoms with Crippen LogP contribution >= 0.6 is 0 Å². The third-order valence-corrected chi connectivity index (χ3v) is 3.50. The number of carbonyl (C=O) groups is 2. The standard InChI is InChI=1S/C20H22N2O3/c1-2-3-13-25-16-8-6-7-15(14-16)11-12-19(23)22-18-10-5-4-9-17(18)20(21)24/h4-12,14H,2-3,13H2,1H3,(H2,21,24)(H,22,23)/b12-11+. The molecule has 0 aliphatic heterocycles. The Morgan fingerprint density at radius 2 is 1.96 bits per heavy atom. The average molecular weight is 338 g/mol. The third-order valence-electron chi connectivity index (χ3n) is 3.50. The lowest BCUT2D eigenvalue weighted by Crippen LogP contribution is -2.16. The summed E-state index contributed by atoms with van der Waals surface area (Å²) in [7, 11) is 0. The van der Waals surface area contributed by atoms with Crippen LogP contribution in [0.15, 0.2) is 54.6 Å². The monoisotopic (exact) mass is 338 g/mol. The van der Waals surface area contributed by atoms with Crippen LogP contribution < -0.4 is 15.8 Å². The predicted octanol–water partition coefficient (Wildman–Crippen LogP) is 3.62. The van der Waals surface area contributed by atoms with Crippen molar-refractivity contribution in [2.24, 2.45) is 5.73 Å². The summed E-state index contributed by atoms with van der Waals surface area (Å²) >= 11 is 0. The van der Waals surface area contributed by atoms with E-state index in [0.29, 0.717) is 12.3 Å². The fourth-order valence-corrected chi connectivity index (χ4v) is 2.20. The van der Waals surface area contributed by atoms with Crippen molar-refractivity contribution in [1.82, 2.24) is 0 Å². The van der Waals surface area contributed by atoms with E-state index < -0.39 is 5.91 Å². The summed E-state index contributed by atoms with van der Waals surface area (Å²) in [6, 6.07) is 14.1. The number of unbranched alkanes of at least 4 members (excludes halogenated alkanes) is 1. The summed E-state index contributed by atoms with van der Waals surface area (Å²) in [6.45, 7) is 2.78. The molecule has 0 aromatic heterocycles. The quantitative estimate of drug-likeness (QED) is 0.570.